The first-order valence-electron chi connectivity index (χ1n) is 7.03. The number of carbonyl (C=O) groups excluding carboxylic acids is 1. The molecule has 0 atom stereocenters. The fourth-order valence-electron chi connectivity index (χ4n) is 2.51. The van der Waals surface area contributed by atoms with Gasteiger partial charge >= 0.3 is 0 Å². The number of phenolic OH excluding ortho intramolecular Hbond substituents is 1. The van der Waals surface area contributed by atoms with E-state index in [2.05, 4.69) is 0 Å². The Morgan fingerprint density at radius 1 is 1.00 bits per heavy atom. The zero-order valence-electron chi connectivity index (χ0n) is 12.7. The summed E-state index contributed by atoms with van der Waals surface area (Å²) in [6, 6.07) is 12.2. The van der Waals surface area contributed by atoms with Crippen LogP contribution in [-0.4, -0.2) is 25.6 Å². The van der Waals surface area contributed by atoms with E-state index in [1.54, 1.807) is 6.07 Å². The van der Waals surface area contributed by atoms with Crippen molar-refractivity contribution in [3.05, 3.63) is 71.5 Å². The molecule has 0 fully saturated rings. The third-order valence-electron chi connectivity index (χ3n) is 3.73. The van der Waals surface area contributed by atoms with E-state index in [0.717, 1.165) is 18.4 Å². The van der Waals surface area contributed by atoms with Crippen molar-refractivity contribution in [2.45, 2.75) is 4.90 Å². The monoisotopic (exact) mass is 344 g/mol. The maximum Gasteiger partial charge on any atom is 0.197 e. The van der Waals surface area contributed by atoms with Crippen LogP contribution in [0.2, 0.25) is 0 Å². The maximum atomic E-state index is 13.0. The number of phenols is 1. The Morgan fingerprint density at radius 2 is 1.67 bits per heavy atom. The molecular weight excluding hydrogens is 331 g/mol. The minimum absolute atomic E-state index is 0.0548. The van der Waals surface area contributed by atoms with Crippen LogP contribution in [0.25, 0.3) is 10.8 Å². The molecule has 24 heavy (non-hydrogen) atoms. The molecule has 0 bridgehead atoms. The highest BCUT2D eigenvalue weighted by molar-refractivity contribution is 7.90. The second kappa shape index (κ2) is 5.72. The van der Waals surface area contributed by atoms with E-state index in [4.69, 9.17) is 0 Å². The summed E-state index contributed by atoms with van der Waals surface area (Å²) in [5.41, 5.74) is 0.283. The Balaban J connectivity index is 2.22. The molecule has 0 saturated heterocycles. The molecule has 1 N–H and O–H groups in total. The van der Waals surface area contributed by atoms with Gasteiger partial charge in [-0.05, 0) is 53.2 Å². The highest BCUT2D eigenvalue weighted by Gasteiger charge is 2.18. The van der Waals surface area contributed by atoms with Crippen molar-refractivity contribution in [1.82, 2.24) is 0 Å². The lowest BCUT2D eigenvalue weighted by atomic mass is 9.96. The fraction of sp³-hybridized carbons (Fsp3) is 0.0556. The third kappa shape index (κ3) is 2.88. The van der Waals surface area contributed by atoms with Gasteiger partial charge in [-0.3, -0.25) is 4.79 Å². The van der Waals surface area contributed by atoms with Crippen LogP contribution in [-0.2, 0) is 9.84 Å². The summed E-state index contributed by atoms with van der Waals surface area (Å²) < 4.78 is 36.4. The number of hydrogen-bond donors (Lipinski definition) is 1. The van der Waals surface area contributed by atoms with Gasteiger partial charge in [0.15, 0.2) is 15.6 Å². The van der Waals surface area contributed by atoms with Gasteiger partial charge in [0.25, 0.3) is 0 Å². The van der Waals surface area contributed by atoms with Crippen LogP contribution < -0.4 is 0 Å². The molecule has 0 amide bonds. The molecular formula is C18H13FO4S. The quantitative estimate of drug-likeness (QED) is 0.740. The predicted molar refractivity (Wildman–Crippen MR) is 88.6 cm³/mol. The number of benzene rings is 3. The van der Waals surface area contributed by atoms with Crippen molar-refractivity contribution < 1.29 is 22.7 Å². The lowest BCUT2D eigenvalue weighted by Crippen LogP contribution is -2.04. The minimum atomic E-state index is -3.38. The summed E-state index contributed by atoms with van der Waals surface area (Å²) in [4.78, 5) is 12.8. The zero-order valence-corrected chi connectivity index (χ0v) is 13.5. The molecule has 0 spiro atoms. The second-order valence-corrected chi connectivity index (χ2v) is 7.47. The number of carbonyl (C=O) groups is 1. The van der Waals surface area contributed by atoms with Crippen LogP contribution in [0.15, 0.2) is 59.5 Å². The van der Waals surface area contributed by atoms with E-state index in [9.17, 15) is 22.7 Å². The number of hydrogen-bond acceptors (Lipinski definition) is 4. The van der Waals surface area contributed by atoms with Gasteiger partial charge in [-0.2, -0.15) is 0 Å². The molecule has 0 aliphatic heterocycles. The van der Waals surface area contributed by atoms with E-state index >= 15 is 0 Å². The second-order valence-electron chi connectivity index (χ2n) is 5.45. The van der Waals surface area contributed by atoms with E-state index in [1.807, 2.05) is 0 Å². The number of aromatic hydroxyl groups is 1. The average Bonchev–Trinajstić information content (AvgIpc) is 2.53. The largest absolute Gasteiger partial charge is 0.507 e. The number of sulfone groups is 1. The highest BCUT2D eigenvalue weighted by Crippen LogP contribution is 2.31. The molecule has 0 aromatic heterocycles. The number of ketones is 1. The average molecular weight is 344 g/mol. The molecule has 0 heterocycles. The smallest absolute Gasteiger partial charge is 0.197 e. The first-order chi connectivity index (χ1) is 11.3. The van der Waals surface area contributed by atoms with Gasteiger partial charge < -0.3 is 5.11 Å². The number of halogens is 1. The van der Waals surface area contributed by atoms with Crippen LogP contribution in [0.5, 0.6) is 5.75 Å². The van der Waals surface area contributed by atoms with Crippen molar-refractivity contribution in [1.29, 1.82) is 0 Å². The van der Waals surface area contributed by atoms with Crippen molar-refractivity contribution >= 4 is 26.4 Å². The minimum Gasteiger partial charge on any atom is -0.507 e. The molecule has 0 radical (unpaired) electrons. The van der Waals surface area contributed by atoms with E-state index in [0.29, 0.717) is 10.8 Å². The summed E-state index contributed by atoms with van der Waals surface area (Å²) >= 11 is 0. The molecule has 3 rings (SSSR count). The summed E-state index contributed by atoms with van der Waals surface area (Å²) in [5, 5.41) is 11.1. The topological polar surface area (TPSA) is 71.4 Å². The van der Waals surface area contributed by atoms with E-state index in [-0.39, 0.29) is 21.8 Å². The van der Waals surface area contributed by atoms with Gasteiger partial charge in [-0.25, -0.2) is 12.8 Å². The number of fused-ring (bicyclic) bond motifs is 1. The molecule has 0 aliphatic rings. The third-order valence-corrected chi connectivity index (χ3v) is 4.84. The van der Waals surface area contributed by atoms with Crippen molar-refractivity contribution in [2.24, 2.45) is 0 Å². The van der Waals surface area contributed by atoms with Gasteiger partial charge in [-0.15, -0.1) is 0 Å². The highest BCUT2D eigenvalue weighted by atomic mass is 32.2. The summed E-state index contributed by atoms with van der Waals surface area (Å²) in [5.74, 6) is -1.15. The Morgan fingerprint density at radius 3 is 2.29 bits per heavy atom. The fourth-order valence-corrected chi connectivity index (χ4v) is 3.17. The summed E-state index contributed by atoms with van der Waals surface area (Å²) in [6.07, 6.45) is 1.10. The molecule has 4 nitrogen and oxygen atoms in total. The Kier molecular flexibility index (Phi) is 3.85. The van der Waals surface area contributed by atoms with Crippen LogP contribution in [0.1, 0.15) is 15.9 Å². The van der Waals surface area contributed by atoms with Gasteiger partial charge in [0.1, 0.15) is 11.6 Å². The molecule has 3 aromatic carbocycles. The van der Waals surface area contributed by atoms with Gasteiger partial charge in [0.05, 0.1) is 10.5 Å². The molecule has 0 unspecified atom stereocenters. The zero-order chi connectivity index (χ0) is 17.5. The lowest BCUT2D eigenvalue weighted by molar-refractivity contribution is 0.103. The molecule has 0 saturated carbocycles. The SMILES string of the molecule is CS(=O)(=O)c1ccc2c(C(=O)c3ccc(F)cc3)c(O)ccc2c1. The molecule has 6 heteroatoms. The van der Waals surface area contributed by atoms with Crippen molar-refractivity contribution in [3.63, 3.8) is 0 Å². The molecule has 122 valence electrons. The first kappa shape index (κ1) is 16.1. The van der Waals surface area contributed by atoms with Gasteiger partial charge in [0.2, 0.25) is 0 Å². The number of rotatable bonds is 3. The first-order valence-corrected chi connectivity index (χ1v) is 8.92. The maximum absolute atomic E-state index is 13.0. The Labute approximate surface area is 138 Å². The molecule has 3 aromatic rings. The lowest BCUT2D eigenvalue weighted by Gasteiger charge is -2.10. The van der Waals surface area contributed by atoms with Crippen LogP contribution >= 0.6 is 0 Å². The van der Waals surface area contributed by atoms with E-state index in [1.165, 1.54) is 36.4 Å². The summed E-state index contributed by atoms with van der Waals surface area (Å²) in [7, 11) is -3.38. The van der Waals surface area contributed by atoms with E-state index < -0.39 is 21.4 Å². The summed E-state index contributed by atoms with van der Waals surface area (Å²) in [6.45, 7) is 0. The Hall–Kier alpha value is -2.73. The van der Waals surface area contributed by atoms with Crippen molar-refractivity contribution in [3.8, 4) is 5.75 Å². The van der Waals surface area contributed by atoms with Gasteiger partial charge in [0, 0.05) is 11.8 Å². The van der Waals surface area contributed by atoms with Gasteiger partial charge in [-0.1, -0.05) is 12.1 Å². The van der Waals surface area contributed by atoms with Crippen LogP contribution in [0.3, 0.4) is 0 Å². The normalized spacial score (nSPS) is 11.6. The van der Waals surface area contributed by atoms with Crippen LogP contribution in [0.4, 0.5) is 4.39 Å². The predicted octanol–water partition coefficient (Wildman–Crippen LogP) is 3.32. The van der Waals surface area contributed by atoms with Crippen LogP contribution in [0, 0.1) is 5.82 Å². The molecule has 0 aliphatic carbocycles. The van der Waals surface area contributed by atoms with Crippen molar-refractivity contribution in [2.75, 3.05) is 6.26 Å². The standard InChI is InChI=1S/C18H13FO4S/c1-24(22,23)14-7-8-15-12(10-14)4-9-16(20)17(15)18(21)11-2-5-13(19)6-3-11/h2-10,20H,1H3. The Bertz CT molecular complexity index is 1050.